The maximum atomic E-state index is 11.6. The van der Waals surface area contributed by atoms with Crippen LogP contribution in [-0.4, -0.2) is 48.1 Å². The quantitative estimate of drug-likeness (QED) is 0.823. The van der Waals surface area contributed by atoms with Crippen molar-refractivity contribution in [2.75, 3.05) is 32.7 Å². The van der Waals surface area contributed by atoms with Gasteiger partial charge < -0.3 is 14.4 Å². The van der Waals surface area contributed by atoms with E-state index < -0.39 is 0 Å². The van der Waals surface area contributed by atoms with Crippen LogP contribution in [0.5, 0.6) is 0 Å². The van der Waals surface area contributed by atoms with Gasteiger partial charge in [0, 0.05) is 11.4 Å². The predicted molar refractivity (Wildman–Crippen MR) is 76.3 cm³/mol. The third-order valence-corrected chi connectivity index (χ3v) is 4.16. The normalized spacial score (nSPS) is 16.1. The van der Waals surface area contributed by atoms with Crippen molar-refractivity contribution >= 4 is 5.91 Å². The van der Waals surface area contributed by atoms with E-state index in [0.29, 0.717) is 0 Å². The van der Waals surface area contributed by atoms with Crippen LogP contribution in [0.15, 0.2) is 12.1 Å². The van der Waals surface area contributed by atoms with E-state index in [-0.39, 0.29) is 12.3 Å². The lowest BCUT2D eigenvalue weighted by Gasteiger charge is -2.32. The number of amides is 1. The monoisotopic (exact) mass is 275 g/mol. The van der Waals surface area contributed by atoms with Crippen molar-refractivity contribution in [1.82, 2.24) is 9.47 Å². The molecule has 0 spiro atoms. The summed E-state index contributed by atoms with van der Waals surface area (Å²) in [6.45, 7) is 9.93. The molecule has 5 nitrogen and oxygen atoms in total. The molecule has 0 radical (unpaired) electrons. The fourth-order valence-corrected chi connectivity index (χ4v) is 2.82. The van der Waals surface area contributed by atoms with Gasteiger partial charge >= 0.3 is 0 Å². The smallest absolute Gasteiger partial charge is 0.237 e. The Hall–Kier alpha value is -1.80. The number of carbonyl (C=O) groups is 1. The van der Waals surface area contributed by atoms with Crippen LogP contribution in [0, 0.1) is 25.2 Å². The van der Waals surface area contributed by atoms with Crippen LogP contribution in [0.1, 0.15) is 17.8 Å². The number of hydrogen-bond donors (Lipinski definition) is 1. The summed E-state index contributed by atoms with van der Waals surface area (Å²) in [4.78, 5) is 15.0. The first kappa shape index (κ1) is 14.6. The lowest BCUT2D eigenvalue weighted by atomic mass is 10.3. The SMILES string of the molecule is Cc1ccc(C)n1CC[NH+]1CCN(C(=O)CC#N)CC1. The van der Waals surface area contributed by atoms with Crippen LogP contribution in [0.2, 0.25) is 0 Å². The predicted octanol–water partition coefficient (Wildman–Crippen LogP) is -0.254. The van der Waals surface area contributed by atoms with Crippen molar-refractivity contribution in [2.24, 2.45) is 0 Å². The number of aromatic nitrogens is 1. The van der Waals surface area contributed by atoms with E-state index >= 15 is 0 Å². The molecule has 0 unspecified atom stereocenters. The van der Waals surface area contributed by atoms with Crippen molar-refractivity contribution in [3.63, 3.8) is 0 Å². The van der Waals surface area contributed by atoms with Crippen LogP contribution in [-0.2, 0) is 11.3 Å². The van der Waals surface area contributed by atoms with Gasteiger partial charge in [-0.05, 0) is 26.0 Å². The second-order valence-electron chi connectivity index (χ2n) is 5.48. The number of nitriles is 1. The molecule has 1 aromatic rings. The average molecular weight is 275 g/mol. The number of hydrogen-bond acceptors (Lipinski definition) is 2. The first-order chi connectivity index (χ1) is 9.61. The summed E-state index contributed by atoms with van der Waals surface area (Å²) < 4.78 is 2.35. The number of carbonyl (C=O) groups excluding carboxylic acids is 1. The van der Waals surface area contributed by atoms with Crippen LogP contribution < -0.4 is 4.90 Å². The molecule has 0 aromatic carbocycles. The molecule has 0 aliphatic carbocycles. The Morgan fingerprint density at radius 3 is 2.45 bits per heavy atom. The van der Waals surface area contributed by atoms with E-state index in [1.807, 2.05) is 11.0 Å². The molecule has 1 aromatic heterocycles. The average Bonchev–Trinajstić information content (AvgIpc) is 2.77. The van der Waals surface area contributed by atoms with E-state index in [0.717, 1.165) is 39.3 Å². The largest absolute Gasteiger partial charge is 0.344 e. The fraction of sp³-hybridized carbons (Fsp3) is 0.600. The lowest BCUT2D eigenvalue weighted by molar-refractivity contribution is -0.904. The van der Waals surface area contributed by atoms with Crippen molar-refractivity contribution in [3.05, 3.63) is 23.5 Å². The van der Waals surface area contributed by atoms with Gasteiger partial charge in [-0.25, -0.2) is 0 Å². The molecule has 1 saturated heterocycles. The minimum Gasteiger partial charge on any atom is -0.344 e. The molecule has 20 heavy (non-hydrogen) atoms. The van der Waals surface area contributed by atoms with E-state index in [4.69, 9.17) is 5.26 Å². The van der Waals surface area contributed by atoms with Crippen molar-refractivity contribution in [3.8, 4) is 6.07 Å². The van der Waals surface area contributed by atoms with Crippen LogP contribution >= 0.6 is 0 Å². The van der Waals surface area contributed by atoms with Gasteiger partial charge in [-0.3, -0.25) is 4.79 Å². The molecular weight excluding hydrogens is 252 g/mol. The Labute approximate surface area is 120 Å². The summed E-state index contributed by atoms with van der Waals surface area (Å²) in [7, 11) is 0. The molecule has 108 valence electrons. The third kappa shape index (κ3) is 3.40. The maximum absolute atomic E-state index is 11.6. The lowest BCUT2D eigenvalue weighted by Crippen LogP contribution is -3.15. The van der Waals surface area contributed by atoms with Crippen LogP contribution in [0.4, 0.5) is 0 Å². The molecule has 2 rings (SSSR count). The Kier molecular flexibility index (Phi) is 4.80. The highest BCUT2D eigenvalue weighted by atomic mass is 16.2. The summed E-state index contributed by atoms with van der Waals surface area (Å²) in [6, 6.07) is 6.24. The van der Waals surface area contributed by atoms with Gasteiger partial charge in [0.25, 0.3) is 0 Å². The summed E-state index contributed by atoms with van der Waals surface area (Å²) in [5.41, 5.74) is 2.62. The highest BCUT2D eigenvalue weighted by Crippen LogP contribution is 2.05. The Balaban J connectivity index is 1.78. The van der Waals surface area contributed by atoms with Gasteiger partial charge in [0.15, 0.2) is 0 Å². The van der Waals surface area contributed by atoms with E-state index in [9.17, 15) is 4.79 Å². The van der Waals surface area contributed by atoms with Gasteiger partial charge in [0.1, 0.15) is 6.42 Å². The van der Waals surface area contributed by atoms with Crippen LogP contribution in [0.25, 0.3) is 0 Å². The van der Waals surface area contributed by atoms with Gasteiger partial charge in [0.2, 0.25) is 5.91 Å². The fourth-order valence-electron chi connectivity index (χ4n) is 2.82. The molecule has 0 bridgehead atoms. The number of rotatable bonds is 4. The highest BCUT2D eigenvalue weighted by Gasteiger charge is 2.23. The Bertz CT molecular complexity index is 487. The molecule has 0 saturated carbocycles. The molecule has 5 heteroatoms. The summed E-state index contributed by atoms with van der Waals surface area (Å²) >= 11 is 0. The number of quaternary nitrogens is 1. The second-order valence-corrected chi connectivity index (χ2v) is 5.48. The molecular formula is C15H23N4O+. The minimum atomic E-state index is -0.0244. The van der Waals surface area contributed by atoms with Crippen LogP contribution in [0.3, 0.4) is 0 Å². The topological polar surface area (TPSA) is 53.5 Å². The number of aryl methyl sites for hydroxylation is 2. The minimum absolute atomic E-state index is 0.0110. The zero-order valence-electron chi connectivity index (χ0n) is 12.4. The van der Waals surface area contributed by atoms with Gasteiger partial charge in [-0.2, -0.15) is 5.26 Å². The maximum Gasteiger partial charge on any atom is 0.237 e. The highest BCUT2D eigenvalue weighted by molar-refractivity contribution is 5.78. The second kappa shape index (κ2) is 6.58. The Morgan fingerprint density at radius 1 is 1.30 bits per heavy atom. The molecule has 0 atom stereocenters. The molecule has 1 N–H and O–H groups in total. The zero-order chi connectivity index (χ0) is 14.5. The molecule has 1 fully saturated rings. The van der Waals surface area contributed by atoms with E-state index in [2.05, 4.69) is 30.5 Å². The standard InChI is InChI=1S/C15H22N4O/c1-13-3-4-14(2)19(13)12-9-17-7-10-18(11-8-17)15(20)5-6-16/h3-4H,5,7-12H2,1-2H3/p+1. The first-order valence-corrected chi connectivity index (χ1v) is 7.23. The third-order valence-electron chi connectivity index (χ3n) is 4.16. The number of nitrogens with one attached hydrogen (secondary N) is 1. The molecule has 2 heterocycles. The molecule has 1 aliphatic heterocycles. The van der Waals surface area contributed by atoms with Crippen molar-refractivity contribution in [2.45, 2.75) is 26.8 Å². The van der Waals surface area contributed by atoms with Gasteiger partial charge in [0.05, 0.1) is 45.3 Å². The number of piperazine rings is 1. The molecule has 1 aliphatic rings. The van der Waals surface area contributed by atoms with Crippen molar-refractivity contribution < 1.29 is 9.69 Å². The van der Waals surface area contributed by atoms with E-state index in [1.54, 1.807) is 4.90 Å². The Morgan fingerprint density at radius 2 is 1.90 bits per heavy atom. The summed E-state index contributed by atoms with van der Waals surface area (Å²) in [5.74, 6) is -0.0244. The summed E-state index contributed by atoms with van der Waals surface area (Å²) in [6.07, 6.45) is 0.0110. The number of nitrogens with zero attached hydrogens (tertiary/aromatic N) is 3. The summed E-state index contributed by atoms with van der Waals surface area (Å²) in [5, 5.41) is 8.56. The first-order valence-electron chi connectivity index (χ1n) is 7.23. The zero-order valence-corrected chi connectivity index (χ0v) is 12.4. The van der Waals surface area contributed by atoms with E-state index in [1.165, 1.54) is 11.4 Å². The van der Waals surface area contributed by atoms with Gasteiger partial charge in [-0.1, -0.05) is 0 Å². The van der Waals surface area contributed by atoms with Gasteiger partial charge in [-0.15, -0.1) is 0 Å². The molecule has 1 amide bonds. The van der Waals surface area contributed by atoms with Crippen molar-refractivity contribution in [1.29, 1.82) is 5.26 Å².